The monoisotopic (exact) mass is 582 g/mol. The minimum Gasteiger partial charge on any atom is -0.574 e. The molecule has 2 radical (unpaired) electrons. The summed E-state index contributed by atoms with van der Waals surface area (Å²) in [6.45, 7) is 29.2. The van der Waals surface area contributed by atoms with E-state index >= 15 is 0 Å². The van der Waals surface area contributed by atoms with Crippen LogP contribution in [0.2, 0.25) is 36.3 Å². The summed E-state index contributed by atoms with van der Waals surface area (Å²) < 4.78 is 7.48. The molecule has 0 fully saturated rings. The molecule has 0 N–H and O–H groups in total. The minimum atomic E-state index is -1.88. The molecule has 0 aliphatic rings. The van der Waals surface area contributed by atoms with Gasteiger partial charge in [-0.15, -0.1) is 10.9 Å². The Hall–Kier alpha value is 0.448. The fourth-order valence-corrected chi connectivity index (χ4v) is 3.64. The predicted molar refractivity (Wildman–Crippen MR) is 138 cm³/mol. The molecule has 0 unspecified atom stereocenters. The topological polar surface area (TPSA) is 22.1 Å². The van der Waals surface area contributed by atoms with Crippen molar-refractivity contribution in [1.29, 1.82) is 0 Å². The van der Waals surface area contributed by atoms with Crippen molar-refractivity contribution in [1.82, 2.24) is 4.98 Å². The molecule has 1 aromatic carbocycles. The first-order valence-electron chi connectivity index (χ1n) is 10.4. The average Bonchev–Trinajstić information content (AvgIpc) is 2.56. The van der Waals surface area contributed by atoms with Crippen molar-refractivity contribution in [3.05, 3.63) is 33.4 Å². The van der Waals surface area contributed by atoms with Gasteiger partial charge in [0.1, 0.15) is 5.88 Å². The van der Waals surface area contributed by atoms with Gasteiger partial charge in [0, 0.05) is 46.0 Å². The molecular weight excluding hydrogens is 543 g/mol. The zero-order valence-corrected chi connectivity index (χ0v) is 27.8. The van der Waals surface area contributed by atoms with Crippen molar-refractivity contribution in [2.75, 3.05) is 0 Å². The van der Waals surface area contributed by atoms with E-state index < -0.39 is 8.32 Å². The van der Waals surface area contributed by atoms with Crippen LogP contribution in [-0.2, 0) is 32.7 Å². The Kier molecular flexibility index (Phi) is 11.2. The number of pyridine rings is 1. The molecule has 0 saturated heterocycles. The zero-order valence-electron chi connectivity index (χ0n) is 21.4. The molecule has 1 aromatic heterocycles. The summed E-state index contributed by atoms with van der Waals surface area (Å²) in [5, 5.41) is 3.01. The number of benzene rings is 1. The van der Waals surface area contributed by atoms with Gasteiger partial charge in [-0.2, -0.15) is 0 Å². The molecule has 0 aliphatic carbocycles. The Labute approximate surface area is 222 Å². The standard InChI is InChI=1S/C18H25BrNOSi.C6H15Si.Y/c1-11-12(2)17(19)13(3)14-9-16(20-10-15(11)14)21-22(7,8)18(4,5)6;1-6(2,3)7(4)5;/h9H,1-8H3;1-5H3;/q-1;;. The van der Waals surface area contributed by atoms with Crippen molar-refractivity contribution in [3.8, 4) is 5.88 Å². The maximum absolute atomic E-state index is 6.32. The van der Waals surface area contributed by atoms with Crippen molar-refractivity contribution in [2.24, 2.45) is 0 Å². The summed E-state index contributed by atoms with van der Waals surface area (Å²) in [6, 6.07) is 2.07. The molecule has 0 spiro atoms. The molecule has 2 nitrogen and oxygen atoms in total. The number of hydrogen-bond acceptors (Lipinski definition) is 2. The Morgan fingerprint density at radius 3 is 1.83 bits per heavy atom. The van der Waals surface area contributed by atoms with Gasteiger partial charge in [0.25, 0.3) is 0 Å². The number of halogens is 1. The summed E-state index contributed by atoms with van der Waals surface area (Å²) >= 11 is 3.70. The summed E-state index contributed by atoms with van der Waals surface area (Å²) in [5.74, 6) is 0.692. The van der Waals surface area contributed by atoms with E-state index in [1.807, 2.05) is 0 Å². The predicted octanol–water partition coefficient (Wildman–Crippen LogP) is 8.65. The van der Waals surface area contributed by atoms with E-state index in [4.69, 9.17) is 4.43 Å². The SMILES string of the molecule is C[Si](C)C(C)(C)C.Cc1c(Br)c(C)c2cc(O[Si](C)(C)C(C)(C)C)n[c-]c2c1C.[Y]. The minimum absolute atomic E-state index is 0. The summed E-state index contributed by atoms with van der Waals surface area (Å²) in [4.78, 5) is 4.45. The quantitative estimate of drug-likeness (QED) is 0.261. The Balaban J connectivity index is 0.000000909. The van der Waals surface area contributed by atoms with Crippen LogP contribution in [0.1, 0.15) is 58.2 Å². The second-order valence-electron chi connectivity index (χ2n) is 10.8. The van der Waals surface area contributed by atoms with Crippen molar-refractivity contribution in [3.63, 3.8) is 0 Å². The van der Waals surface area contributed by atoms with Crippen LogP contribution in [0.5, 0.6) is 5.88 Å². The van der Waals surface area contributed by atoms with Gasteiger partial charge in [0.05, 0.1) is 0 Å². The van der Waals surface area contributed by atoms with Gasteiger partial charge in [0.15, 0.2) is 0 Å². The maximum atomic E-state index is 6.32. The molecule has 1 heterocycles. The van der Waals surface area contributed by atoms with E-state index in [2.05, 4.69) is 122 Å². The summed E-state index contributed by atoms with van der Waals surface area (Å²) in [6.07, 6.45) is 3.20. The van der Waals surface area contributed by atoms with Crippen LogP contribution in [-0.4, -0.2) is 22.1 Å². The van der Waals surface area contributed by atoms with E-state index in [1.165, 1.54) is 22.1 Å². The Bertz CT molecular complexity index is 868. The molecule has 166 valence electrons. The third kappa shape index (κ3) is 7.50. The number of aryl methyl sites for hydroxylation is 2. The van der Waals surface area contributed by atoms with Gasteiger partial charge in [-0.1, -0.05) is 100 Å². The molecule has 30 heavy (non-hydrogen) atoms. The first-order valence-corrected chi connectivity index (χ1v) is 16.6. The smallest absolute Gasteiger partial charge is 0.238 e. The van der Waals surface area contributed by atoms with E-state index in [-0.39, 0.29) is 46.5 Å². The van der Waals surface area contributed by atoms with Gasteiger partial charge >= 0.3 is 0 Å². The van der Waals surface area contributed by atoms with E-state index in [9.17, 15) is 0 Å². The van der Waals surface area contributed by atoms with Crippen LogP contribution < -0.4 is 4.43 Å². The van der Waals surface area contributed by atoms with E-state index in [0.717, 1.165) is 9.86 Å². The average molecular weight is 584 g/mol. The van der Waals surface area contributed by atoms with Crippen LogP contribution in [0.15, 0.2) is 10.5 Å². The van der Waals surface area contributed by atoms with Crippen molar-refractivity contribution in [2.45, 2.75) is 98.6 Å². The summed E-state index contributed by atoms with van der Waals surface area (Å²) in [5.41, 5.74) is 3.69. The van der Waals surface area contributed by atoms with Crippen LogP contribution >= 0.6 is 15.9 Å². The maximum Gasteiger partial charge on any atom is 0.238 e. The van der Waals surface area contributed by atoms with E-state index in [0.29, 0.717) is 10.9 Å². The first kappa shape index (κ1) is 30.4. The second kappa shape index (κ2) is 11.0. The molecule has 0 atom stereocenters. The van der Waals surface area contributed by atoms with Gasteiger partial charge in [-0.25, -0.2) is 0 Å². The molecular formula is C24H40BrNOSi2Y-. The number of hydrogen-bond donors (Lipinski definition) is 0. The van der Waals surface area contributed by atoms with Crippen LogP contribution in [0, 0.1) is 27.0 Å². The van der Waals surface area contributed by atoms with Gasteiger partial charge in [-0.05, 0) is 43.2 Å². The van der Waals surface area contributed by atoms with Gasteiger partial charge in [0.2, 0.25) is 8.32 Å². The third-order valence-electron chi connectivity index (χ3n) is 6.48. The number of nitrogens with zero attached hydrogens (tertiary/aromatic N) is 1. The van der Waals surface area contributed by atoms with E-state index in [1.54, 1.807) is 0 Å². The molecule has 0 bridgehead atoms. The van der Waals surface area contributed by atoms with Crippen molar-refractivity contribution >= 4 is 43.8 Å². The Morgan fingerprint density at radius 2 is 1.43 bits per heavy atom. The number of aromatic nitrogens is 1. The van der Waals surface area contributed by atoms with Gasteiger partial charge < -0.3 is 9.41 Å². The molecule has 2 rings (SSSR count). The Morgan fingerprint density at radius 1 is 0.967 bits per heavy atom. The van der Waals surface area contributed by atoms with Crippen LogP contribution in [0.3, 0.4) is 0 Å². The van der Waals surface area contributed by atoms with Gasteiger partial charge in [-0.3, -0.25) is 0 Å². The second-order valence-corrected chi connectivity index (χ2v) is 19.8. The normalized spacial score (nSPS) is 12.4. The molecule has 0 aliphatic heterocycles. The zero-order chi connectivity index (χ0) is 22.9. The molecule has 6 heteroatoms. The fraction of sp³-hybridized carbons (Fsp3) is 0.625. The molecule has 0 saturated carbocycles. The first-order chi connectivity index (χ1) is 12.9. The fourth-order valence-electron chi connectivity index (χ4n) is 2.20. The van der Waals surface area contributed by atoms with Crippen LogP contribution in [0.4, 0.5) is 0 Å². The third-order valence-corrected chi connectivity index (χ3v) is 15.0. The number of fused-ring (bicyclic) bond motifs is 1. The molecule has 0 amide bonds. The van der Waals surface area contributed by atoms with Crippen molar-refractivity contribution < 1.29 is 37.1 Å². The summed E-state index contributed by atoms with van der Waals surface area (Å²) in [7, 11) is -1.93. The van der Waals surface area contributed by atoms with Crippen LogP contribution in [0.25, 0.3) is 10.8 Å². The number of rotatable bonds is 2. The largest absolute Gasteiger partial charge is 0.574 e. The molecule has 2 aromatic rings.